The maximum Gasteiger partial charge on any atom is 0.295 e. The van der Waals surface area contributed by atoms with Crippen LogP contribution in [-0.2, 0) is 4.79 Å². The molecule has 1 fully saturated rings. The number of amides is 2. The molecule has 7 heteroatoms. The van der Waals surface area contributed by atoms with Gasteiger partial charge in [0.15, 0.2) is 0 Å². The number of hydrogen-bond donors (Lipinski definition) is 1. The van der Waals surface area contributed by atoms with Gasteiger partial charge in [0.2, 0.25) is 0 Å². The molecule has 0 aromatic heterocycles. The predicted molar refractivity (Wildman–Crippen MR) is 121 cm³/mol. The summed E-state index contributed by atoms with van der Waals surface area (Å²) in [4.78, 5) is 26.4. The number of ether oxygens (including phenoxy) is 1. The van der Waals surface area contributed by atoms with Crippen LogP contribution in [0.4, 0.5) is 10.5 Å². The van der Waals surface area contributed by atoms with Crippen molar-refractivity contribution in [3.05, 3.63) is 94.4 Å². The third-order valence-electron chi connectivity index (χ3n) is 4.32. The van der Waals surface area contributed by atoms with E-state index in [2.05, 4.69) is 5.32 Å². The van der Waals surface area contributed by atoms with Gasteiger partial charge in [-0.05, 0) is 71.9 Å². The number of hydrogen-bond acceptors (Lipinski definition) is 5. The summed E-state index contributed by atoms with van der Waals surface area (Å²) in [6.45, 7) is 0.0848. The van der Waals surface area contributed by atoms with E-state index in [1.165, 1.54) is 4.90 Å². The van der Waals surface area contributed by atoms with Crippen LogP contribution >= 0.6 is 23.4 Å². The zero-order valence-corrected chi connectivity index (χ0v) is 17.3. The van der Waals surface area contributed by atoms with E-state index in [0.29, 0.717) is 15.7 Å². The largest absolute Gasteiger partial charge is 0.457 e. The molecule has 0 unspecified atom stereocenters. The van der Waals surface area contributed by atoms with Gasteiger partial charge in [-0.1, -0.05) is 41.9 Å². The number of nitrogens with one attached hydrogen (secondary N) is 1. The average Bonchev–Trinajstić information content (AvgIpc) is 3.02. The number of imide groups is 1. The summed E-state index contributed by atoms with van der Waals surface area (Å²) in [6.07, 6.45) is 1.69. The molecule has 3 aromatic carbocycles. The molecule has 0 saturated carbocycles. The molecule has 30 heavy (non-hydrogen) atoms. The molecule has 5 nitrogen and oxygen atoms in total. The van der Waals surface area contributed by atoms with Gasteiger partial charge in [-0.15, -0.1) is 0 Å². The molecule has 1 saturated heterocycles. The fourth-order valence-electron chi connectivity index (χ4n) is 2.78. The Morgan fingerprint density at radius 2 is 1.57 bits per heavy atom. The molecule has 1 aliphatic heterocycles. The van der Waals surface area contributed by atoms with E-state index in [1.807, 2.05) is 54.6 Å². The molecule has 0 spiro atoms. The van der Waals surface area contributed by atoms with Gasteiger partial charge in [-0.3, -0.25) is 14.5 Å². The average molecular weight is 437 g/mol. The highest BCUT2D eigenvalue weighted by Crippen LogP contribution is 2.32. The second kappa shape index (κ2) is 9.07. The van der Waals surface area contributed by atoms with E-state index < -0.39 is 0 Å². The van der Waals surface area contributed by atoms with Crippen LogP contribution in [0.25, 0.3) is 6.08 Å². The number of carbonyl (C=O) groups excluding carboxylic acids is 2. The Balaban J connectivity index is 1.37. The fourth-order valence-corrected chi connectivity index (χ4v) is 3.75. The van der Waals surface area contributed by atoms with Crippen molar-refractivity contribution >= 4 is 46.3 Å². The SMILES string of the molecule is O=C1SC(=Cc2ccc(Cl)cc2)C(=O)N1CNc1ccc(Oc2ccccc2)cc1. The smallest absolute Gasteiger partial charge is 0.295 e. The first-order valence-electron chi connectivity index (χ1n) is 9.16. The monoisotopic (exact) mass is 436 g/mol. The first kappa shape index (κ1) is 20.1. The first-order valence-corrected chi connectivity index (χ1v) is 10.4. The van der Waals surface area contributed by atoms with Crippen LogP contribution in [0, 0.1) is 0 Å². The number of para-hydroxylation sites is 1. The third kappa shape index (κ3) is 4.84. The van der Waals surface area contributed by atoms with Gasteiger partial charge in [0.1, 0.15) is 11.5 Å². The Kier molecular flexibility index (Phi) is 6.07. The lowest BCUT2D eigenvalue weighted by molar-refractivity contribution is -0.122. The molecule has 0 bridgehead atoms. The predicted octanol–water partition coefficient (Wildman–Crippen LogP) is 6.24. The van der Waals surface area contributed by atoms with Crippen LogP contribution in [0.3, 0.4) is 0 Å². The van der Waals surface area contributed by atoms with E-state index in [1.54, 1.807) is 30.3 Å². The highest BCUT2D eigenvalue weighted by atomic mass is 35.5. The summed E-state index contributed by atoms with van der Waals surface area (Å²) in [5.41, 5.74) is 1.59. The summed E-state index contributed by atoms with van der Waals surface area (Å²) in [7, 11) is 0. The van der Waals surface area contributed by atoms with Gasteiger partial charge in [0, 0.05) is 10.7 Å². The maximum absolute atomic E-state index is 12.6. The van der Waals surface area contributed by atoms with Crippen LogP contribution in [0.15, 0.2) is 83.8 Å². The quantitative estimate of drug-likeness (QED) is 0.463. The minimum atomic E-state index is -0.323. The summed E-state index contributed by atoms with van der Waals surface area (Å²) >= 11 is 6.81. The molecule has 0 radical (unpaired) electrons. The molecule has 2 amide bonds. The van der Waals surface area contributed by atoms with Crippen molar-refractivity contribution in [2.45, 2.75) is 0 Å². The third-order valence-corrected chi connectivity index (χ3v) is 5.48. The van der Waals surface area contributed by atoms with Crippen molar-refractivity contribution in [1.82, 2.24) is 4.90 Å². The number of carbonyl (C=O) groups is 2. The molecular weight excluding hydrogens is 420 g/mol. The van der Waals surface area contributed by atoms with Crippen molar-refractivity contribution < 1.29 is 14.3 Å². The highest BCUT2D eigenvalue weighted by molar-refractivity contribution is 8.18. The number of nitrogens with zero attached hydrogens (tertiary/aromatic N) is 1. The Hall–Kier alpha value is -3.22. The minimum Gasteiger partial charge on any atom is -0.457 e. The number of benzene rings is 3. The van der Waals surface area contributed by atoms with Crippen LogP contribution in [0.1, 0.15) is 5.56 Å². The molecule has 3 aromatic rings. The lowest BCUT2D eigenvalue weighted by Crippen LogP contribution is -2.33. The van der Waals surface area contributed by atoms with Gasteiger partial charge in [0.05, 0.1) is 11.6 Å². The van der Waals surface area contributed by atoms with E-state index in [4.69, 9.17) is 16.3 Å². The molecule has 0 aliphatic carbocycles. The highest BCUT2D eigenvalue weighted by Gasteiger charge is 2.34. The lowest BCUT2D eigenvalue weighted by atomic mass is 10.2. The van der Waals surface area contributed by atoms with Gasteiger partial charge in [-0.25, -0.2) is 0 Å². The lowest BCUT2D eigenvalue weighted by Gasteiger charge is -2.15. The zero-order chi connectivity index (χ0) is 20.9. The number of anilines is 1. The Bertz CT molecular complexity index is 1080. The molecule has 1 N–H and O–H groups in total. The van der Waals surface area contributed by atoms with Crippen LogP contribution < -0.4 is 10.1 Å². The topological polar surface area (TPSA) is 58.6 Å². The van der Waals surface area contributed by atoms with Crippen molar-refractivity contribution in [1.29, 1.82) is 0 Å². The summed E-state index contributed by atoms with van der Waals surface area (Å²) in [5.74, 6) is 1.13. The molecule has 1 aliphatic rings. The van der Waals surface area contributed by atoms with Gasteiger partial charge in [0.25, 0.3) is 11.1 Å². The molecule has 4 rings (SSSR count). The first-order chi connectivity index (χ1) is 14.6. The van der Waals surface area contributed by atoms with Gasteiger partial charge in [-0.2, -0.15) is 0 Å². The standard InChI is InChI=1S/C23H17ClN2O3S/c24-17-8-6-16(7-9-17)14-21-22(27)26(23(28)30-21)15-25-18-10-12-20(13-11-18)29-19-4-2-1-3-5-19/h1-14,25H,15H2. The molecule has 150 valence electrons. The second-order valence-electron chi connectivity index (χ2n) is 6.44. The van der Waals surface area contributed by atoms with Crippen LogP contribution in [0.2, 0.25) is 5.02 Å². The van der Waals surface area contributed by atoms with Crippen LogP contribution in [-0.4, -0.2) is 22.7 Å². The van der Waals surface area contributed by atoms with Crippen LogP contribution in [0.5, 0.6) is 11.5 Å². The second-order valence-corrected chi connectivity index (χ2v) is 7.87. The van der Waals surface area contributed by atoms with Crippen molar-refractivity contribution in [3.63, 3.8) is 0 Å². The maximum atomic E-state index is 12.6. The minimum absolute atomic E-state index is 0.0848. The zero-order valence-electron chi connectivity index (χ0n) is 15.7. The van der Waals surface area contributed by atoms with E-state index in [0.717, 1.165) is 28.8 Å². The molecule has 1 heterocycles. The number of thioether (sulfide) groups is 1. The molecular formula is C23H17ClN2O3S. The van der Waals surface area contributed by atoms with Crippen molar-refractivity contribution in [2.24, 2.45) is 0 Å². The van der Waals surface area contributed by atoms with E-state index >= 15 is 0 Å². The summed E-state index contributed by atoms with van der Waals surface area (Å²) in [6, 6.07) is 23.9. The summed E-state index contributed by atoms with van der Waals surface area (Å²) < 4.78 is 5.76. The molecule has 0 atom stereocenters. The number of halogens is 1. The Labute approximate surface area is 183 Å². The Morgan fingerprint density at radius 3 is 2.27 bits per heavy atom. The van der Waals surface area contributed by atoms with Gasteiger partial charge < -0.3 is 10.1 Å². The fraction of sp³-hybridized carbons (Fsp3) is 0.0435. The van der Waals surface area contributed by atoms with E-state index in [9.17, 15) is 9.59 Å². The summed E-state index contributed by atoms with van der Waals surface area (Å²) in [5, 5.41) is 3.41. The van der Waals surface area contributed by atoms with Crippen molar-refractivity contribution in [2.75, 3.05) is 12.0 Å². The normalized spacial score (nSPS) is 15.0. The van der Waals surface area contributed by atoms with Gasteiger partial charge >= 0.3 is 0 Å². The van der Waals surface area contributed by atoms with E-state index in [-0.39, 0.29) is 17.8 Å². The van der Waals surface area contributed by atoms with Crippen molar-refractivity contribution in [3.8, 4) is 11.5 Å². The Morgan fingerprint density at radius 1 is 0.900 bits per heavy atom. The number of rotatable bonds is 6.